The number of hydrogen-bond donors (Lipinski definition) is 2. The van der Waals surface area contributed by atoms with E-state index in [1.54, 1.807) is 30.3 Å². The summed E-state index contributed by atoms with van der Waals surface area (Å²) >= 11 is 6.04. The van der Waals surface area contributed by atoms with Crippen molar-refractivity contribution in [3.8, 4) is 11.1 Å². The fourth-order valence-corrected chi connectivity index (χ4v) is 2.03. The minimum atomic E-state index is -1.26. The summed E-state index contributed by atoms with van der Waals surface area (Å²) in [7, 11) is 0. The van der Waals surface area contributed by atoms with Gasteiger partial charge in [-0.1, -0.05) is 41.9 Å². The molecule has 2 aromatic rings. The summed E-state index contributed by atoms with van der Waals surface area (Å²) in [5, 5.41) is 18.1. The Balaban J connectivity index is 2.73. The van der Waals surface area contributed by atoms with Crippen LogP contribution in [0.2, 0.25) is 5.02 Å². The van der Waals surface area contributed by atoms with Crippen LogP contribution < -0.4 is 0 Å². The largest absolute Gasteiger partial charge is 0.478 e. The van der Waals surface area contributed by atoms with Crippen LogP contribution in [0.1, 0.15) is 20.7 Å². The number of rotatable bonds is 3. The lowest BCUT2D eigenvalue weighted by molar-refractivity contribution is 0.0696. The van der Waals surface area contributed by atoms with E-state index in [2.05, 4.69) is 0 Å². The number of aromatic carboxylic acids is 2. The third kappa shape index (κ3) is 2.58. The van der Waals surface area contributed by atoms with Gasteiger partial charge in [-0.2, -0.15) is 0 Å². The molecule has 0 bridgehead atoms. The first-order valence-electron chi connectivity index (χ1n) is 5.36. The Morgan fingerprint density at radius 1 is 0.947 bits per heavy atom. The number of hydrogen-bond acceptors (Lipinski definition) is 2. The van der Waals surface area contributed by atoms with Gasteiger partial charge >= 0.3 is 11.9 Å². The molecular weight excluding hydrogens is 268 g/mol. The molecule has 4 nitrogen and oxygen atoms in total. The molecule has 0 aromatic heterocycles. The molecule has 2 rings (SSSR count). The van der Waals surface area contributed by atoms with Crippen LogP contribution in [0.15, 0.2) is 42.5 Å². The maximum Gasteiger partial charge on any atom is 0.337 e. The highest BCUT2D eigenvalue weighted by molar-refractivity contribution is 6.36. The normalized spacial score (nSPS) is 10.2. The number of carbonyl (C=O) groups is 2. The Morgan fingerprint density at radius 3 is 2.11 bits per heavy atom. The average molecular weight is 277 g/mol. The van der Waals surface area contributed by atoms with E-state index >= 15 is 0 Å². The van der Waals surface area contributed by atoms with Gasteiger partial charge < -0.3 is 10.2 Å². The van der Waals surface area contributed by atoms with Crippen molar-refractivity contribution >= 4 is 23.5 Å². The van der Waals surface area contributed by atoms with Crippen molar-refractivity contribution in [3.63, 3.8) is 0 Å². The summed E-state index contributed by atoms with van der Waals surface area (Å²) in [6.07, 6.45) is 0. The summed E-state index contributed by atoms with van der Waals surface area (Å²) in [5.41, 5.74) is 0.721. The van der Waals surface area contributed by atoms with Gasteiger partial charge in [0, 0.05) is 5.56 Å². The van der Waals surface area contributed by atoms with E-state index in [1.165, 1.54) is 6.07 Å². The first-order valence-corrected chi connectivity index (χ1v) is 5.74. The van der Waals surface area contributed by atoms with Crippen LogP contribution in [0, 0.1) is 0 Å². The van der Waals surface area contributed by atoms with Gasteiger partial charge in [0.05, 0.1) is 16.1 Å². The molecule has 96 valence electrons. The highest BCUT2D eigenvalue weighted by Crippen LogP contribution is 2.32. The number of carboxylic acid groups (broad SMARTS) is 2. The smallest absolute Gasteiger partial charge is 0.337 e. The zero-order chi connectivity index (χ0) is 14.0. The topological polar surface area (TPSA) is 74.6 Å². The van der Waals surface area contributed by atoms with Gasteiger partial charge in [-0.05, 0) is 17.7 Å². The van der Waals surface area contributed by atoms with Gasteiger partial charge in [0.25, 0.3) is 0 Å². The second kappa shape index (κ2) is 5.12. The van der Waals surface area contributed by atoms with Gasteiger partial charge in [-0.25, -0.2) is 9.59 Å². The number of benzene rings is 2. The van der Waals surface area contributed by atoms with Crippen LogP contribution >= 0.6 is 11.6 Å². The van der Waals surface area contributed by atoms with Crippen molar-refractivity contribution in [2.75, 3.05) is 0 Å². The molecule has 0 aliphatic rings. The molecule has 0 saturated carbocycles. The van der Waals surface area contributed by atoms with Crippen LogP contribution in [0.3, 0.4) is 0 Å². The highest BCUT2D eigenvalue weighted by Gasteiger charge is 2.18. The molecule has 0 atom stereocenters. The third-order valence-corrected chi connectivity index (χ3v) is 3.04. The van der Waals surface area contributed by atoms with Crippen molar-refractivity contribution < 1.29 is 19.8 Å². The molecule has 0 amide bonds. The summed E-state index contributed by atoms with van der Waals surface area (Å²) < 4.78 is 0. The van der Waals surface area contributed by atoms with Gasteiger partial charge in [-0.15, -0.1) is 0 Å². The van der Waals surface area contributed by atoms with Gasteiger partial charge in [-0.3, -0.25) is 0 Å². The Labute approximate surface area is 113 Å². The minimum absolute atomic E-state index is 0.0312. The second-order valence-electron chi connectivity index (χ2n) is 3.86. The Kier molecular flexibility index (Phi) is 3.53. The summed E-state index contributed by atoms with van der Waals surface area (Å²) in [6.45, 7) is 0. The molecule has 0 heterocycles. The standard InChI is InChI=1S/C14H9ClO4/c15-12-10(8-4-2-1-3-5-8)6-9(13(16)17)7-11(12)14(18)19/h1-7H,(H,16,17)(H,18,19). The Morgan fingerprint density at radius 2 is 1.58 bits per heavy atom. The van der Waals surface area contributed by atoms with Crippen LogP contribution in [-0.2, 0) is 0 Å². The first kappa shape index (κ1) is 13.1. The number of halogens is 1. The van der Waals surface area contributed by atoms with E-state index < -0.39 is 11.9 Å². The van der Waals surface area contributed by atoms with Crippen molar-refractivity contribution in [2.24, 2.45) is 0 Å². The molecule has 2 aromatic carbocycles. The minimum Gasteiger partial charge on any atom is -0.478 e. The molecule has 0 unspecified atom stereocenters. The molecule has 0 radical (unpaired) electrons. The predicted octanol–water partition coefficient (Wildman–Crippen LogP) is 3.40. The highest BCUT2D eigenvalue weighted by atomic mass is 35.5. The maximum atomic E-state index is 11.1. The third-order valence-electron chi connectivity index (χ3n) is 2.63. The van der Waals surface area contributed by atoms with Crippen molar-refractivity contribution in [2.45, 2.75) is 0 Å². The van der Waals surface area contributed by atoms with Crippen molar-refractivity contribution in [1.29, 1.82) is 0 Å². The van der Waals surface area contributed by atoms with Crippen LogP contribution in [0.4, 0.5) is 0 Å². The quantitative estimate of drug-likeness (QED) is 0.901. The fraction of sp³-hybridized carbons (Fsp3) is 0. The SMILES string of the molecule is O=C(O)c1cc(C(=O)O)c(Cl)c(-c2ccccc2)c1. The van der Waals surface area contributed by atoms with E-state index in [4.69, 9.17) is 21.8 Å². The van der Waals surface area contributed by atoms with Gasteiger partial charge in [0.2, 0.25) is 0 Å². The molecule has 5 heteroatoms. The monoisotopic (exact) mass is 276 g/mol. The lowest BCUT2D eigenvalue weighted by Gasteiger charge is -2.09. The van der Waals surface area contributed by atoms with Crippen LogP contribution in [0.25, 0.3) is 11.1 Å². The Hall–Kier alpha value is -2.33. The maximum absolute atomic E-state index is 11.1. The molecular formula is C14H9ClO4. The molecule has 2 N–H and O–H groups in total. The van der Waals surface area contributed by atoms with Gasteiger partial charge in [0.1, 0.15) is 0 Å². The molecule has 0 aliphatic carbocycles. The van der Waals surface area contributed by atoms with Crippen molar-refractivity contribution in [3.05, 3.63) is 58.6 Å². The van der Waals surface area contributed by atoms with E-state index in [0.717, 1.165) is 6.07 Å². The van der Waals surface area contributed by atoms with Crippen LogP contribution in [0.5, 0.6) is 0 Å². The lowest BCUT2D eigenvalue weighted by Crippen LogP contribution is -2.04. The molecule has 0 spiro atoms. The lowest BCUT2D eigenvalue weighted by atomic mass is 9.99. The molecule has 0 aliphatic heterocycles. The van der Waals surface area contributed by atoms with E-state index in [-0.39, 0.29) is 16.1 Å². The van der Waals surface area contributed by atoms with E-state index in [0.29, 0.717) is 11.1 Å². The Bertz CT molecular complexity index is 650. The summed E-state index contributed by atoms with van der Waals surface area (Å²) in [5.74, 6) is -2.46. The van der Waals surface area contributed by atoms with Crippen LogP contribution in [-0.4, -0.2) is 22.2 Å². The zero-order valence-corrected chi connectivity index (χ0v) is 10.4. The summed E-state index contributed by atoms with van der Waals surface area (Å²) in [4.78, 5) is 22.1. The fourth-order valence-electron chi connectivity index (χ4n) is 1.73. The van der Waals surface area contributed by atoms with Gasteiger partial charge in [0.15, 0.2) is 0 Å². The van der Waals surface area contributed by atoms with E-state index in [1.807, 2.05) is 0 Å². The molecule has 0 saturated heterocycles. The van der Waals surface area contributed by atoms with E-state index in [9.17, 15) is 9.59 Å². The van der Waals surface area contributed by atoms with Crippen molar-refractivity contribution in [1.82, 2.24) is 0 Å². The predicted molar refractivity (Wildman–Crippen MR) is 70.8 cm³/mol. The molecule has 0 fully saturated rings. The average Bonchev–Trinajstić information content (AvgIpc) is 2.39. The zero-order valence-electron chi connectivity index (χ0n) is 9.63. The first-order chi connectivity index (χ1) is 9.00. The summed E-state index contributed by atoms with van der Waals surface area (Å²) in [6, 6.07) is 11.2. The second-order valence-corrected chi connectivity index (χ2v) is 4.24. The molecule has 19 heavy (non-hydrogen) atoms. The number of carboxylic acids is 2.